The van der Waals surface area contributed by atoms with Gasteiger partial charge in [0.25, 0.3) is 0 Å². The first-order valence-corrected chi connectivity index (χ1v) is 10.7. The van der Waals surface area contributed by atoms with Gasteiger partial charge in [-0.05, 0) is 12.8 Å². The summed E-state index contributed by atoms with van der Waals surface area (Å²) in [4.78, 5) is 17.7. The lowest BCUT2D eigenvalue weighted by atomic mass is 10.0. The van der Waals surface area contributed by atoms with Crippen molar-refractivity contribution < 1.29 is 14.3 Å². The molecule has 0 spiro atoms. The average molecular weight is 334 g/mol. The van der Waals surface area contributed by atoms with E-state index in [0.717, 1.165) is 19.3 Å². The number of hydrogen-bond donors (Lipinski definition) is 2. The van der Waals surface area contributed by atoms with Crippen molar-refractivity contribution in [2.45, 2.75) is 116 Å². The Balaban J connectivity index is 3.16. The molecule has 22 heavy (non-hydrogen) atoms. The van der Waals surface area contributed by atoms with E-state index in [4.69, 9.17) is 14.3 Å². The zero-order valence-corrected chi connectivity index (χ0v) is 15.8. The summed E-state index contributed by atoms with van der Waals surface area (Å²) in [6.45, 7) is 4.30. The van der Waals surface area contributed by atoms with Gasteiger partial charge in [0.15, 0.2) is 0 Å². The molecule has 4 heteroatoms. The van der Waals surface area contributed by atoms with Crippen molar-refractivity contribution in [3.63, 3.8) is 0 Å². The van der Waals surface area contributed by atoms with E-state index in [9.17, 15) is 0 Å². The minimum Gasteiger partial charge on any atom is -0.328 e. The Kier molecular flexibility index (Phi) is 17.9. The summed E-state index contributed by atoms with van der Waals surface area (Å²) in [7, 11) is -2.19. The summed E-state index contributed by atoms with van der Waals surface area (Å²) in [6, 6.07) is 0. The van der Waals surface area contributed by atoms with Gasteiger partial charge in [-0.2, -0.15) is 0 Å². The molecular weight excluding hydrogens is 295 g/mol. The zero-order chi connectivity index (χ0) is 16.5. The van der Waals surface area contributed by atoms with Gasteiger partial charge in [-0.25, -0.2) is 0 Å². The Hall–Kier alpha value is 0.310. The Morgan fingerprint density at radius 3 is 1.45 bits per heavy atom. The molecule has 0 aliphatic rings. The normalized spacial score (nSPS) is 13.0. The van der Waals surface area contributed by atoms with Gasteiger partial charge in [0.2, 0.25) is 0 Å². The molecule has 0 fully saturated rings. The van der Waals surface area contributed by atoms with Gasteiger partial charge in [0.1, 0.15) is 0 Å². The fraction of sp³-hybridized carbons (Fsp3) is 1.00. The van der Waals surface area contributed by atoms with Crippen LogP contribution < -0.4 is 0 Å². The third-order valence-corrected chi connectivity index (χ3v) is 4.82. The van der Waals surface area contributed by atoms with Crippen molar-refractivity contribution in [2.24, 2.45) is 0 Å². The largest absolute Gasteiger partial charge is 0.328 e. The highest BCUT2D eigenvalue weighted by atomic mass is 31.2. The Bertz CT molecular complexity index is 213. The molecule has 2 N–H and O–H groups in total. The van der Waals surface area contributed by atoms with Crippen LogP contribution in [-0.2, 0) is 4.52 Å². The van der Waals surface area contributed by atoms with Crippen LogP contribution in [-0.4, -0.2) is 15.9 Å². The lowest BCUT2D eigenvalue weighted by Crippen LogP contribution is -2.08. The van der Waals surface area contributed by atoms with Crippen LogP contribution in [0.15, 0.2) is 0 Å². The van der Waals surface area contributed by atoms with Crippen LogP contribution in [0.5, 0.6) is 0 Å². The quantitative estimate of drug-likeness (QED) is 0.236. The van der Waals surface area contributed by atoms with Crippen LogP contribution in [0, 0.1) is 0 Å². The minimum absolute atomic E-state index is 0.0221. The molecule has 0 aromatic rings. The molecule has 134 valence electrons. The maximum Gasteiger partial charge on any atom is 0.327 e. The first-order chi connectivity index (χ1) is 10.7. The van der Waals surface area contributed by atoms with Crippen molar-refractivity contribution in [2.75, 3.05) is 0 Å². The van der Waals surface area contributed by atoms with Crippen LogP contribution >= 0.6 is 8.60 Å². The molecule has 0 radical (unpaired) electrons. The lowest BCUT2D eigenvalue weighted by Gasteiger charge is -2.15. The molecule has 3 nitrogen and oxygen atoms in total. The first kappa shape index (κ1) is 22.3. The fourth-order valence-corrected chi connectivity index (χ4v) is 3.38. The van der Waals surface area contributed by atoms with Gasteiger partial charge >= 0.3 is 8.60 Å². The summed E-state index contributed by atoms with van der Waals surface area (Å²) in [5, 5.41) is 0. The van der Waals surface area contributed by atoms with Gasteiger partial charge in [-0.15, -0.1) is 0 Å². The second-order valence-electron chi connectivity index (χ2n) is 6.42. The molecule has 1 atom stereocenters. The van der Waals surface area contributed by atoms with Crippen LogP contribution in [0.25, 0.3) is 0 Å². The van der Waals surface area contributed by atoms with Crippen molar-refractivity contribution in [1.29, 1.82) is 0 Å². The molecule has 0 aromatic carbocycles. The second-order valence-corrected chi connectivity index (χ2v) is 7.14. The number of rotatable bonds is 17. The molecule has 0 bridgehead atoms. The summed E-state index contributed by atoms with van der Waals surface area (Å²) < 4.78 is 5.08. The summed E-state index contributed by atoms with van der Waals surface area (Å²) in [5.41, 5.74) is 0. The fourth-order valence-electron chi connectivity index (χ4n) is 2.85. The highest BCUT2D eigenvalue weighted by molar-refractivity contribution is 7.39. The zero-order valence-electron chi connectivity index (χ0n) is 14.9. The number of unbranched alkanes of at least 4 members (excludes halogenated alkanes) is 12. The van der Waals surface area contributed by atoms with Crippen molar-refractivity contribution >= 4 is 8.60 Å². The van der Waals surface area contributed by atoms with Crippen LogP contribution in [0.4, 0.5) is 0 Å². The third-order valence-electron chi connectivity index (χ3n) is 4.33. The summed E-state index contributed by atoms with van der Waals surface area (Å²) in [6.07, 6.45) is 19.5. The molecule has 1 unspecified atom stereocenters. The van der Waals surface area contributed by atoms with Gasteiger partial charge in [0, 0.05) is 0 Å². The molecule has 0 saturated heterocycles. The van der Waals surface area contributed by atoms with E-state index in [1.54, 1.807) is 0 Å². The van der Waals surface area contributed by atoms with Gasteiger partial charge in [0.05, 0.1) is 6.10 Å². The second kappa shape index (κ2) is 17.7. The van der Waals surface area contributed by atoms with Crippen LogP contribution in [0.2, 0.25) is 0 Å². The smallest absolute Gasteiger partial charge is 0.327 e. The highest BCUT2D eigenvalue weighted by Gasteiger charge is 2.11. The van der Waals surface area contributed by atoms with E-state index in [1.807, 2.05) is 6.92 Å². The molecule has 0 heterocycles. The van der Waals surface area contributed by atoms with Crippen molar-refractivity contribution in [1.82, 2.24) is 0 Å². The predicted octanol–water partition coefficient (Wildman–Crippen LogP) is 6.47. The molecule has 0 amide bonds. The standard InChI is InChI=1S/C18H39O3P/c1-3-5-6-7-8-9-10-11-12-13-14-15-16-17-18(4-2)21-22(19)20/h18-20H,3-17H2,1-2H3. The molecular formula is C18H39O3P. The van der Waals surface area contributed by atoms with Crippen LogP contribution in [0.1, 0.15) is 110 Å². The van der Waals surface area contributed by atoms with Crippen molar-refractivity contribution in [3.05, 3.63) is 0 Å². The average Bonchev–Trinajstić information content (AvgIpc) is 2.50. The van der Waals surface area contributed by atoms with Gasteiger partial charge < -0.3 is 14.3 Å². The first-order valence-electron chi connectivity index (χ1n) is 9.55. The summed E-state index contributed by atoms with van der Waals surface area (Å²) in [5.74, 6) is 0. The topological polar surface area (TPSA) is 49.7 Å². The van der Waals surface area contributed by atoms with E-state index in [2.05, 4.69) is 6.92 Å². The molecule has 0 aliphatic carbocycles. The molecule has 0 aliphatic heterocycles. The summed E-state index contributed by atoms with van der Waals surface area (Å²) >= 11 is 0. The van der Waals surface area contributed by atoms with Crippen molar-refractivity contribution in [3.8, 4) is 0 Å². The Labute approximate surface area is 139 Å². The van der Waals surface area contributed by atoms with E-state index in [-0.39, 0.29) is 6.10 Å². The number of hydrogen-bond acceptors (Lipinski definition) is 3. The van der Waals surface area contributed by atoms with E-state index in [0.29, 0.717) is 0 Å². The van der Waals surface area contributed by atoms with E-state index < -0.39 is 8.60 Å². The predicted molar refractivity (Wildman–Crippen MR) is 96.8 cm³/mol. The molecule has 0 saturated carbocycles. The Morgan fingerprint density at radius 2 is 1.09 bits per heavy atom. The van der Waals surface area contributed by atoms with Gasteiger partial charge in [-0.3, -0.25) is 0 Å². The lowest BCUT2D eigenvalue weighted by molar-refractivity contribution is 0.155. The van der Waals surface area contributed by atoms with E-state index >= 15 is 0 Å². The maximum atomic E-state index is 8.86. The SMILES string of the molecule is CCCCCCCCCCCCCCCC(CC)OP(O)O. The third kappa shape index (κ3) is 16.7. The molecule has 0 aromatic heterocycles. The van der Waals surface area contributed by atoms with Crippen LogP contribution in [0.3, 0.4) is 0 Å². The van der Waals surface area contributed by atoms with Gasteiger partial charge in [-0.1, -0.05) is 97.3 Å². The van der Waals surface area contributed by atoms with E-state index in [1.165, 1.54) is 77.0 Å². The maximum absolute atomic E-state index is 8.86. The monoisotopic (exact) mass is 334 g/mol. The molecule has 0 rings (SSSR count). The minimum atomic E-state index is -2.19. The highest BCUT2D eigenvalue weighted by Crippen LogP contribution is 2.30. The Morgan fingerprint density at radius 1 is 0.682 bits per heavy atom.